The van der Waals surface area contributed by atoms with Gasteiger partial charge in [-0.15, -0.1) is 0 Å². The molecule has 1 aliphatic rings. The zero-order valence-corrected chi connectivity index (χ0v) is 14.7. The number of carbonyl (C=O) groups excluding carboxylic acids is 1. The van der Waals surface area contributed by atoms with Gasteiger partial charge in [-0.2, -0.15) is 0 Å². The number of nitrogens with one attached hydrogen (secondary N) is 1. The Morgan fingerprint density at radius 2 is 2.00 bits per heavy atom. The molecule has 3 aromatic rings. The van der Waals surface area contributed by atoms with E-state index in [4.69, 9.17) is 4.74 Å². The van der Waals surface area contributed by atoms with Gasteiger partial charge in [-0.1, -0.05) is 24.3 Å². The summed E-state index contributed by atoms with van der Waals surface area (Å²) in [6.07, 6.45) is 4.33. The number of hydrogen-bond donors (Lipinski definition) is 1. The van der Waals surface area contributed by atoms with E-state index in [2.05, 4.69) is 27.4 Å². The minimum absolute atomic E-state index is 0.0177. The van der Waals surface area contributed by atoms with Crippen LogP contribution >= 0.6 is 0 Å². The second-order valence-electron chi connectivity index (χ2n) is 6.74. The number of pyridine rings is 2. The van der Waals surface area contributed by atoms with Crippen LogP contribution in [-0.4, -0.2) is 35.1 Å². The number of hydrogen-bond acceptors (Lipinski definition) is 4. The zero-order valence-electron chi connectivity index (χ0n) is 14.7. The highest BCUT2D eigenvalue weighted by atomic mass is 16.5. The lowest BCUT2D eigenvalue weighted by atomic mass is 9.93. The first-order valence-corrected chi connectivity index (χ1v) is 8.85. The van der Waals surface area contributed by atoms with Gasteiger partial charge in [0.05, 0.1) is 24.8 Å². The topological polar surface area (TPSA) is 64.1 Å². The molecule has 0 aliphatic carbocycles. The van der Waals surface area contributed by atoms with E-state index >= 15 is 0 Å². The molecular weight excluding hydrogens is 326 g/mol. The van der Waals surface area contributed by atoms with E-state index in [1.165, 1.54) is 5.56 Å². The summed E-state index contributed by atoms with van der Waals surface area (Å²) in [6, 6.07) is 13.9. The summed E-state index contributed by atoms with van der Waals surface area (Å²) >= 11 is 0. The third-order valence-electron chi connectivity index (χ3n) is 4.96. The average Bonchev–Trinajstić information content (AvgIpc) is 3.09. The lowest BCUT2D eigenvalue weighted by molar-refractivity contribution is 0.0919. The maximum Gasteiger partial charge on any atom is 0.270 e. The molecule has 1 N–H and O–H groups in total. The van der Waals surface area contributed by atoms with Gasteiger partial charge < -0.3 is 10.1 Å². The molecule has 5 heteroatoms. The van der Waals surface area contributed by atoms with Gasteiger partial charge in [-0.25, -0.2) is 0 Å². The molecule has 0 spiro atoms. The summed E-state index contributed by atoms with van der Waals surface area (Å²) in [5.74, 6) is 0.0944. The summed E-state index contributed by atoms with van der Waals surface area (Å²) < 4.78 is 5.67. The number of rotatable bonds is 4. The van der Waals surface area contributed by atoms with Crippen molar-refractivity contribution in [1.29, 1.82) is 0 Å². The number of amides is 1. The van der Waals surface area contributed by atoms with E-state index in [0.717, 1.165) is 22.9 Å². The molecule has 0 unspecified atom stereocenters. The van der Waals surface area contributed by atoms with E-state index in [1.807, 2.05) is 43.5 Å². The van der Waals surface area contributed by atoms with Crippen molar-refractivity contribution >= 4 is 16.8 Å². The number of ether oxygens (including phenoxy) is 1. The minimum Gasteiger partial charge on any atom is -0.379 e. The summed E-state index contributed by atoms with van der Waals surface area (Å²) in [5.41, 5.74) is 3.58. The average molecular weight is 347 g/mol. The van der Waals surface area contributed by atoms with Crippen molar-refractivity contribution in [2.75, 3.05) is 13.2 Å². The van der Waals surface area contributed by atoms with Gasteiger partial charge >= 0.3 is 0 Å². The van der Waals surface area contributed by atoms with Crippen molar-refractivity contribution in [1.82, 2.24) is 15.3 Å². The highest BCUT2D eigenvalue weighted by Crippen LogP contribution is 2.24. The predicted molar refractivity (Wildman–Crippen MR) is 100.0 cm³/mol. The second-order valence-corrected chi connectivity index (χ2v) is 6.74. The Balaban J connectivity index is 1.52. The van der Waals surface area contributed by atoms with Crippen molar-refractivity contribution in [2.45, 2.75) is 19.4 Å². The number of para-hydroxylation sites is 1. The Morgan fingerprint density at radius 3 is 2.88 bits per heavy atom. The molecule has 2 aromatic heterocycles. The predicted octanol–water partition coefficient (Wildman–Crippen LogP) is 2.93. The van der Waals surface area contributed by atoms with E-state index in [-0.39, 0.29) is 17.9 Å². The van der Waals surface area contributed by atoms with Gasteiger partial charge in [0.1, 0.15) is 5.69 Å². The standard InChI is InChI=1S/C21H21N3O2/c1-14-5-4-9-23-20(14)21(25)24-19-13-26-12-16(19)11-15-8-10-22-18-7-3-2-6-17(15)18/h2-10,16,19H,11-13H2,1H3,(H,24,25)/t16-,19+/m1/s1. The molecule has 2 atom stereocenters. The maximum absolute atomic E-state index is 12.6. The van der Waals surface area contributed by atoms with Gasteiger partial charge in [0.2, 0.25) is 0 Å². The first-order valence-electron chi connectivity index (χ1n) is 8.85. The fraction of sp³-hybridized carbons (Fsp3) is 0.286. The fourth-order valence-corrected chi connectivity index (χ4v) is 3.54. The second kappa shape index (κ2) is 7.22. The minimum atomic E-state index is -0.136. The molecule has 3 heterocycles. The van der Waals surface area contributed by atoms with Crippen LogP contribution in [0.15, 0.2) is 54.9 Å². The molecule has 1 fully saturated rings. The molecule has 0 bridgehead atoms. The number of aryl methyl sites for hydroxylation is 1. The third-order valence-corrected chi connectivity index (χ3v) is 4.96. The van der Waals surface area contributed by atoms with Crippen LogP contribution in [0.4, 0.5) is 0 Å². The lowest BCUT2D eigenvalue weighted by Gasteiger charge is -2.20. The maximum atomic E-state index is 12.6. The van der Waals surface area contributed by atoms with Gasteiger partial charge in [0.15, 0.2) is 0 Å². The Kier molecular flexibility index (Phi) is 4.63. The van der Waals surface area contributed by atoms with Crippen molar-refractivity contribution in [2.24, 2.45) is 5.92 Å². The SMILES string of the molecule is Cc1cccnc1C(=O)N[C@H]1COC[C@H]1Cc1ccnc2ccccc12. The van der Waals surface area contributed by atoms with Crippen LogP contribution in [0.5, 0.6) is 0 Å². The van der Waals surface area contributed by atoms with Crippen molar-refractivity contribution < 1.29 is 9.53 Å². The van der Waals surface area contributed by atoms with Crippen LogP contribution in [0.25, 0.3) is 10.9 Å². The van der Waals surface area contributed by atoms with E-state index in [9.17, 15) is 4.79 Å². The number of carbonyl (C=O) groups is 1. The van der Waals surface area contributed by atoms with Gasteiger partial charge in [-0.05, 0) is 42.7 Å². The Bertz CT molecular complexity index is 936. The number of aromatic nitrogens is 2. The third kappa shape index (κ3) is 3.30. The summed E-state index contributed by atoms with van der Waals surface area (Å²) in [6.45, 7) is 3.07. The van der Waals surface area contributed by atoms with E-state index < -0.39 is 0 Å². The van der Waals surface area contributed by atoms with Crippen molar-refractivity contribution in [3.63, 3.8) is 0 Å². The lowest BCUT2D eigenvalue weighted by Crippen LogP contribution is -2.41. The number of fused-ring (bicyclic) bond motifs is 1. The fourth-order valence-electron chi connectivity index (χ4n) is 3.54. The zero-order chi connectivity index (χ0) is 17.9. The van der Waals surface area contributed by atoms with Crippen molar-refractivity contribution in [3.8, 4) is 0 Å². The molecule has 1 aliphatic heterocycles. The van der Waals surface area contributed by atoms with Crippen LogP contribution in [0.1, 0.15) is 21.6 Å². The monoisotopic (exact) mass is 347 g/mol. The first-order chi connectivity index (χ1) is 12.7. The van der Waals surface area contributed by atoms with E-state index in [1.54, 1.807) is 6.20 Å². The van der Waals surface area contributed by atoms with Gasteiger partial charge in [0, 0.05) is 23.7 Å². The summed E-state index contributed by atoms with van der Waals surface area (Å²) in [4.78, 5) is 21.2. The van der Waals surface area contributed by atoms with E-state index in [0.29, 0.717) is 18.9 Å². The van der Waals surface area contributed by atoms with Crippen LogP contribution in [-0.2, 0) is 11.2 Å². The molecule has 1 aromatic carbocycles. The number of nitrogens with zero attached hydrogens (tertiary/aromatic N) is 2. The normalized spacial score (nSPS) is 19.6. The van der Waals surface area contributed by atoms with Crippen LogP contribution in [0.3, 0.4) is 0 Å². The molecule has 1 amide bonds. The molecule has 26 heavy (non-hydrogen) atoms. The Labute approximate surface area is 152 Å². The molecule has 4 rings (SSSR count). The van der Waals surface area contributed by atoms with Gasteiger partial charge in [-0.3, -0.25) is 14.8 Å². The molecule has 0 saturated carbocycles. The molecular formula is C21H21N3O2. The van der Waals surface area contributed by atoms with Crippen molar-refractivity contribution in [3.05, 3.63) is 71.7 Å². The Hall–Kier alpha value is -2.79. The summed E-state index contributed by atoms with van der Waals surface area (Å²) in [7, 11) is 0. The molecule has 5 nitrogen and oxygen atoms in total. The van der Waals surface area contributed by atoms with Gasteiger partial charge in [0.25, 0.3) is 5.91 Å². The smallest absolute Gasteiger partial charge is 0.270 e. The molecule has 132 valence electrons. The molecule has 1 saturated heterocycles. The Morgan fingerprint density at radius 1 is 1.12 bits per heavy atom. The highest BCUT2D eigenvalue weighted by Gasteiger charge is 2.30. The van der Waals surface area contributed by atoms with Crippen LogP contribution < -0.4 is 5.32 Å². The van der Waals surface area contributed by atoms with Crippen LogP contribution in [0.2, 0.25) is 0 Å². The van der Waals surface area contributed by atoms with Crippen LogP contribution in [0, 0.1) is 12.8 Å². The first kappa shape index (κ1) is 16.7. The number of benzene rings is 1. The largest absolute Gasteiger partial charge is 0.379 e. The highest BCUT2D eigenvalue weighted by molar-refractivity contribution is 5.93. The quantitative estimate of drug-likeness (QED) is 0.788. The molecule has 0 radical (unpaired) electrons. The summed E-state index contributed by atoms with van der Waals surface area (Å²) in [5, 5.41) is 4.27.